The number of esters is 1. The van der Waals surface area contributed by atoms with Gasteiger partial charge in [-0.3, -0.25) is 4.79 Å². The Kier molecular flexibility index (Phi) is 4.68. The molecule has 5 rings (SSSR count). The summed E-state index contributed by atoms with van der Waals surface area (Å²) >= 11 is 0. The van der Waals surface area contributed by atoms with Gasteiger partial charge in [0.2, 0.25) is 0 Å². The minimum absolute atomic E-state index is 0.0647. The van der Waals surface area contributed by atoms with Crippen molar-refractivity contribution in [1.29, 1.82) is 0 Å². The van der Waals surface area contributed by atoms with Gasteiger partial charge in [0.05, 0.1) is 17.8 Å². The molecule has 160 valence electrons. The Labute approximate surface area is 180 Å². The molecule has 1 aliphatic heterocycles. The monoisotopic (exact) mass is 419 g/mol. The molecule has 0 unspecified atom stereocenters. The summed E-state index contributed by atoms with van der Waals surface area (Å²) < 4.78 is 13.7. The smallest absolute Gasteiger partial charge is 0.309 e. The third-order valence-corrected chi connectivity index (χ3v) is 6.65. The summed E-state index contributed by atoms with van der Waals surface area (Å²) in [4.78, 5) is 12.2. The number of hydrogen-bond acceptors (Lipinski definition) is 6. The maximum Gasteiger partial charge on any atom is 0.309 e. The van der Waals surface area contributed by atoms with E-state index in [0.29, 0.717) is 5.69 Å². The predicted molar refractivity (Wildman–Crippen MR) is 113 cm³/mol. The van der Waals surface area contributed by atoms with Crippen LogP contribution in [0.15, 0.2) is 36.5 Å². The molecule has 0 saturated carbocycles. The average molecular weight is 419 g/mol. The van der Waals surface area contributed by atoms with Crippen molar-refractivity contribution < 1.29 is 19.4 Å². The molecular formula is C24H25N3O4. The molecule has 1 aliphatic carbocycles. The number of fused-ring (bicyclic) bond motifs is 3. The van der Waals surface area contributed by atoms with Gasteiger partial charge < -0.3 is 14.6 Å². The van der Waals surface area contributed by atoms with Crippen LogP contribution in [0.5, 0.6) is 11.5 Å². The second kappa shape index (κ2) is 7.41. The first-order valence-electron chi connectivity index (χ1n) is 10.6. The van der Waals surface area contributed by atoms with Crippen molar-refractivity contribution >= 4 is 5.97 Å². The minimum Gasteiger partial charge on any atom is -0.508 e. The Morgan fingerprint density at radius 1 is 1.29 bits per heavy atom. The maximum atomic E-state index is 12.2. The highest BCUT2D eigenvalue weighted by Crippen LogP contribution is 2.49. The van der Waals surface area contributed by atoms with Gasteiger partial charge >= 0.3 is 5.97 Å². The first-order chi connectivity index (χ1) is 14.9. The third kappa shape index (κ3) is 3.24. The van der Waals surface area contributed by atoms with E-state index in [9.17, 15) is 9.90 Å². The topological polar surface area (TPSA) is 86.5 Å². The Hall–Kier alpha value is -3.35. The number of hydrogen-bond donors (Lipinski definition) is 1. The van der Waals surface area contributed by atoms with Crippen molar-refractivity contribution in [1.82, 2.24) is 15.0 Å². The zero-order valence-corrected chi connectivity index (χ0v) is 17.8. The van der Waals surface area contributed by atoms with Crippen LogP contribution in [0.1, 0.15) is 47.4 Å². The van der Waals surface area contributed by atoms with Crippen LogP contribution in [0.2, 0.25) is 0 Å². The predicted octanol–water partition coefficient (Wildman–Crippen LogP) is 3.97. The van der Waals surface area contributed by atoms with Gasteiger partial charge in [-0.25, -0.2) is 4.68 Å². The van der Waals surface area contributed by atoms with E-state index in [-0.39, 0.29) is 36.3 Å². The number of ether oxygens (including phenoxy) is 2. The summed E-state index contributed by atoms with van der Waals surface area (Å²) in [5, 5.41) is 17.9. The normalized spacial score (nSPS) is 22.0. The summed E-state index contributed by atoms with van der Waals surface area (Å²) in [6, 6.07) is 8.91. The molecule has 31 heavy (non-hydrogen) atoms. The standard InChI is InChI=1S/C24H25N3O4/c1-13-9-21(15(3)22-19(13)7-8-20-14(2)24(29)31-23(20)22)30-12-17-11-25-26-27(17)16-5-4-6-18(28)10-16/h4-6,9-11,14,20,23,28H,7-8,12H2,1-3H3/t14-,20-,23+/m0/s1. The van der Waals surface area contributed by atoms with Gasteiger partial charge in [-0.05, 0) is 61.6 Å². The number of carbonyl (C=O) groups excluding carboxylic acids is 1. The van der Waals surface area contributed by atoms with Crippen LogP contribution >= 0.6 is 0 Å². The maximum absolute atomic E-state index is 12.2. The zero-order chi connectivity index (χ0) is 21.7. The quantitative estimate of drug-likeness (QED) is 0.644. The number of aromatic hydroxyl groups is 1. The van der Waals surface area contributed by atoms with Crippen LogP contribution in [0, 0.1) is 25.7 Å². The first kappa shape index (κ1) is 19.6. The second-order valence-electron chi connectivity index (χ2n) is 8.50. The van der Waals surface area contributed by atoms with Crippen molar-refractivity contribution in [3.05, 3.63) is 64.5 Å². The molecule has 0 radical (unpaired) electrons. The molecule has 7 nitrogen and oxygen atoms in total. The number of aromatic nitrogens is 3. The van der Waals surface area contributed by atoms with Crippen molar-refractivity contribution in [3.8, 4) is 17.2 Å². The molecule has 2 aromatic carbocycles. The summed E-state index contributed by atoms with van der Waals surface area (Å²) in [6.07, 6.45) is 3.40. The molecule has 1 N–H and O–H groups in total. The van der Waals surface area contributed by atoms with Gasteiger partial charge in [0.1, 0.15) is 29.9 Å². The molecule has 7 heteroatoms. The van der Waals surface area contributed by atoms with Crippen LogP contribution in [0.3, 0.4) is 0 Å². The molecule has 0 amide bonds. The van der Waals surface area contributed by atoms with Gasteiger partial charge in [-0.15, -0.1) is 5.10 Å². The molecule has 0 spiro atoms. The lowest BCUT2D eigenvalue weighted by Gasteiger charge is -2.31. The fraction of sp³-hybridized carbons (Fsp3) is 0.375. The Morgan fingerprint density at radius 2 is 2.13 bits per heavy atom. The highest BCUT2D eigenvalue weighted by molar-refractivity contribution is 5.76. The summed E-state index contributed by atoms with van der Waals surface area (Å²) in [5.41, 5.74) is 6.05. The average Bonchev–Trinajstić information content (AvgIpc) is 3.34. The van der Waals surface area contributed by atoms with E-state index in [4.69, 9.17) is 9.47 Å². The van der Waals surface area contributed by atoms with Crippen molar-refractivity contribution in [2.45, 2.75) is 46.3 Å². The summed E-state index contributed by atoms with van der Waals surface area (Å²) in [7, 11) is 0. The lowest BCUT2D eigenvalue weighted by molar-refractivity contribution is -0.144. The molecule has 2 heterocycles. The fourth-order valence-electron chi connectivity index (χ4n) is 4.92. The van der Waals surface area contributed by atoms with Gasteiger partial charge in [-0.2, -0.15) is 0 Å². The third-order valence-electron chi connectivity index (χ3n) is 6.65. The van der Waals surface area contributed by atoms with Crippen LogP contribution < -0.4 is 4.74 Å². The summed E-state index contributed by atoms with van der Waals surface area (Å²) in [6.45, 7) is 6.36. The molecular weight excluding hydrogens is 394 g/mol. The number of nitrogens with zero attached hydrogens (tertiary/aromatic N) is 3. The molecule has 1 saturated heterocycles. The van der Waals surface area contributed by atoms with E-state index in [1.165, 1.54) is 5.56 Å². The number of carbonyl (C=O) groups is 1. The lowest BCUT2D eigenvalue weighted by atomic mass is 9.74. The highest BCUT2D eigenvalue weighted by atomic mass is 16.6. The van der Waals surface area contributed by atoms with Crippen LogP contribution in [-0.2, 0) is 22.6 Å². The van der Waals surface area contributed by atoms with E-state index in [2.05, 4.69) is 23.3 Å². The Balaban J connectivity index is 1.45. The van der Waals surface area contributed by atoms with Gasteiger partial charge in [0, 0.05) is 17.5 Å². The molecule has 1 fully saturated rings. The van der Waals surface area contributed by atoms with Crippen molar-refractivity contribution in [3.63, 3.8) is 0 Å². The first-order valence-corrected chi connectivity index (χ1v) is 10.6. The van der Waals surface area contributed by atoms with E-state index < -0.39 is 0 Å². The Bertz CT molecular complexity index is 1170. The fourth-order valence-corrected chi connectivity index (χ4v) is 4.92. The molecule has 1 aromatic heterocycles. The van der Waals surface area contributed by atoms with E-state index in [0.717, 1.165) is 41.0 Å². The van der Waals surface area contributed by atoms with Crippen LogP contribution in [0.4, 0.5) is 0 Å². The minimum atomic E-state index is -0.187. The SMILES string of the molecule is Cc1cc(OCc2cnnn2-c2cccc(O)c2)c(C)c2c1CC[C@H]1[C@H](C)C(=O)O[C@@H]21. The number of rotatable bonds is 4. The molecule has 3 atom stereocenters. The number of phenols is 1. The molecule has 3 aromatic rings. The van der Waals surface area contributed by atoms with E-state index in [1.54, 1.807) is 29.1 Å². The highest BCUT2D eigenvalue weighted by Gasteiger charge is 2.46. The van der Waals surface area contributed by atoms with Gasteiger partial charge in [-0.1, -0.05) is 18.2 Å². The summed E-state index contributed by atoms with van der Waals surface area (Å²) in [5.74, 6) is 0.995. The van der Waals surface area contributed by atoms with Crippen molar-refractivity contribution in [2.24, 2.45) is 11.8 Å². The lowest BCUT2D eigenvalue weighted by Crippen LogP contribution is -2.22. The van der Waals surface area contributed by atoms with Gasteiger partial charge in [0.25, 0.3) is 0 Å². The second-order valence-corrected chi connectivity index (χ2v) is 8.50. The van der Waals surface area contributed by atoms with E-state index in [1.807, 2.05) is 19.9 Å². The number of phenolic OH excluding ortho intramolecular Hbond substituents is 1. The molecule has 2 aliphatic rings. The molecule has 0 bridgehead atoms. The van der Waals surface area contributed by atoms with Gasteiger partial charge in [0.15, 0.2) is 0 Å². The number of benzene rings is 2. The largest absolute Gasteiger partial charge is 0.508 e. The van der Waals surface area contributed by atoms with E-state index >= 15 is 0 Å². The van der Waals surface area contributed by atoms with Crippen molar-refractivity contribution in [2.75, 3.05) is 0 Å². The zero-order valence-electron chi connectivity index (χ0n) is 17.8. The number of aryl methyl sites for hydroxylation is 1. The van der Waals surface area contributed by atoms with Crippen LogP contribution in [0.25, 0.3) is 5.69 Å². The Morgan fingerprint density at radius 3 is 2.94 bits per heavy atom. The van der Waals surface area contributed by atoms with Crippen LogP contribution in [-0.4, -0.2) is 26.1 Å².